The van der Waals surface area contributed by atoms with E-state index in [0.29, 0.717) is 12.8 Å². The lowest BCUT2D eigenvalue weighted by atomic mass is 10.1. The minimum absolute atomic E-state index is 0.0790. The highest BCUT2D eigenvalue weighted by Crippen LogP contribution is 2.32. The third-order valence-corrected chi connectivity index (χ3v) is 3.91. The molecule has 0 spiro atoms. The molecule has 1 aromatic carbocycles. The topological polar surface area (TPSA) is 68.0 Å². The number of rotatable bonds is 4. The van der Waals surface area contributed by atoms with Gasteiger partial charge in [-0.2, -0.15) is 0 Å². The molecular weight excluding hydrogens is 262 g/mol. The number of benzene rings is 1. The first kappa shape index (κ1) is 13.6. The summed E-state index contributed by atoms with van der Waals surface area (Å²) in [6.45, 7) is 0. The quantitative estimate of drug-likeness (QED) is 0.846. The Balaban J connectivity index is 1.57. The minimum Gasteiger partial charge on any atom is -0.399 e. The number of carbonyl (C=O) groups is 1. The van der Waals surface area contributed by atoms with Crippen LogP contribution in [0.1, 0.15) is 35.7 Å². The molecule has 0 fully saturated rings. The van der Waals surface area contributed by atoms with Crippen LogP contribution in [-0.4, -0.2) is 10.9 Å². The molecule has 0 saturated heterocycles. The maximum absolute atomic E-state index is 12.1. The zero-order valence-corrected chi connectivity index (χ0v) is 11.9. The van der Waals surface area contributed by atoms with Gasteiger partial charge in [-0.05, 0) is 54.7 Å². The van der Waals surface area contributed by atoms with E-state index in [2.05, 4.69) is 10.3 Å². The van der Waals surface area contributed by atoms with E-state index in [4.69, 9.17) is 5.73 Å². The van der Waals surface area contributed by atoms with Crippen molar-refractivity contribution in [2.75, 3.05) is 5.73 Å². The molecule has 1 aliphatic rings. The van der Waals surface area contributed by atoms with Crippen LogP contribution in [0.15, 0.2) is 42.6 Å². The first-order valence-corrected chi connectivity index (χ1v) is 7.30. The van der Waals surface area contributed by atoms with E-state index in [0.717, 1.165) is 24.2 Å². The van der Waals surface area contributed by atoms with Gasteiger partial charge in [0.2, 0.25) is 5.91 Å². The number of amides is 1. The Bertz CT molecular complexity index is 640. The molecule has 0 saturated carbocycles. The second-order valence-corrected chi connectivity index (χ2v) is 5.44. The Morgan fingerprint density at radius 1 is 1.33 bits per heavy atom. The lowest BCUT2D eigenvalue weighted by Crippen LogP contribution is -2.27. The smallest absolute Gasteiger partial charge is 0.220 e. The van der Waals surface area contributed by atoms with Gasteiger partial charge < -0.3 is 11.1 Å². The molecule has 0 aliphatic heterocycles. The number of nitrogens with zero attached hydrogens (tertiary/aromatic N) is 1. The van der Waals surface area contributed by atoms with Crippen LogP contribution in [0.25, 0.3) is 0 Å². The number of aryl methyl sites for hydroxylation is 2. The Labute approximate surface area is 124 Å². The largest absolute Gasteiger partial charge is 0.399 e. The van der Waals surface area contributed by atoms with Crippen LogP contribution in [0.2, 0.25) is 0 Å². The van der Waals surface area contributed by atoms with Gasteiger partial charge in [0.25, 0.3) is 0 Å². The Morgan fingerprint density at radius 3 is 3.05 bits per heavy atom. The van der Waals surface area contributed by atoms with Gasteiger partial charge in [-0.3, -0.25) is 9.78 Å². The fourth-order valence-corrected chi connectivity index (χ4v) is 2.84. The van der Waals surface area contributed by atoms with Gasteiger partial charge in [-0.15, -0.1) is 0 Å². The number of nitrogen functional groups attached to an aromatic ring is 1. The van der Waals surface area contributed by atoms with Gasteiger partial charge in [0.15, 0.2) is 0 Å². The number of hydrogen-bond donors (Lipinski definition) is 2. The SMILES string of the molecule is Nc1ccc2c(c1)CCC2NC(=O)CCc1ccccn1. The molecule has 1 atom stereocenters. The molecule has 21 heavy (non-hydrogen) atoms. The highest BCUT2D eigenvalue weighted by molar-refractivity contribution is 5.77. The average molecular weight is 281 g/mol. The molecule has 1 aromatic heterocycles. The molecule has 1 aliphatic carbocycles. The third-order valence-electron chi connectivity index (χ3n) is 3.91. The van der Waals surface area contributed by atoms with Crippen LogP contribution < -0.4 is 11.1 Å². The molecule has 108 valence electrons. The summed E-state index contributed by atoms with van der Waals surface area (Å²) >= 11 is 0. The van der Waals surface area contributed by atoms with Gasteiger partial charge in [-0.1, -0.05) is 12.1 Å². The van der Waals surface area contributed by atoms with Gasteiger partial charge in [0.05, 0.1) is 6.04 Å². The summed E-state index contributed by atoms with van der Waals surface area (Å²) in [7, 11) is 0. The highest BCUT2D eigenvalue weighted by atomic mass is 16.1. The summed E-state index contributed by atoms with van der Waals surface area (Å²) in [6, 6.07) is 11.8. The number of anilines is 1. The molecule has 1 unspecified atom stereocenters. The summed E-state index contributed by atoms with van der Waals surface area (Å²) in [5.74, 6) is 0.0790. The van der Waals surface area contributed by atoms with E-state index in [-0.39, 0.29) is 11.9 Å². The number of hydrogen-bond acceptors (Lipinski definition) is 3. The predicted octanol–water partition coefficient (Wildman–Crippen LogP) is 2.40. The Morgan fingerprint density at radius 2 is 2.24 bits per heavy atom. The predicted molar refractivity (Wildman–Crippen MR) is 82.6 cm³/mol. The Kier molecular flexibility index (Phi) is 3.86. The van der Waals surface area contributed by atoms with Crippen LogP contribution in [-0.2, 0) is 17.6 Å². The van der Waals surface area contributed by atoms with Gasteiger partial charge >= 0.3 is 0 Å². The second kappa shape index (κ2) is 5.95. The van der Waals surface area contributed by atoms with E-state index in [1.54, 1.807) is 6.20 Å². The molecule has 0 bridgehead atoms. The van der Waals surface area contributed by atoms with Crippen molar-refractivity contribution < 1.29 is 4.79 Å². The maximum atomic E-state index is 12.1. The number of aromatic nitrogens is 1. The number of pyridine rings is 1. The second-order valence-electron chi connectivity index (χ2n) is 5.44. The first-order valence-electron chi connectivity index (χ1n) is 7.30. The summed E-state index contributed by atoms with van der Waals surface area (Å²) in [6.07, 6.45) is 4.83. The van der Waals surface area contributed by atoms with Crippen molar-refractivity contribution in [2.45, 2.75) is 31.7 Å². The standard InChI is InChI=1S/C17H19N3O/c18-13-5-7-15-12(11-13)4-8-16(15)20-17(21)9-6-14-3-1-2-10-19-14/h1-3,5,7,10-11,16H,4,6,8-9,18H2,(H,20,21). The molecule has 1 amide bonds. The molecule has 0 radical (unpaired) electrons. The summed E-state index contributed by atoms with van der Waals surface area (Å²) in [5, 5.41) is 3.12. The van der Waals surface area contributed by atoms with E-state index in [1.807, 2.05) is 36.4 Å². The van der Waals surface area contributed by atoms with Crippen molar-refractivity contribution >= 4 is 11.6 Å². The van der Waals surface area contributed by atoms with E-state index in [9.17, 15) is 4.79 Å². The monoisotopic (exact) mass is 281 g/mol. The average Bonchev–Trinajstić information content (AvgIpc) is 2.88. The fourth-order valence-electron chi connectivity index (χ4n) is 2.84. The molecule has 4 nitrogen and oxygen atoms in total. The minimum atomic E-state index is 0.0790. The van der Waals surface area contributed by atoms with Crippen molar-refractivity contribution in [3.05, 3.63) is 59.4 Å². The van der Waals surface area contributed by atoms with E-state index < -0.39 is 0 Å². The number of carbonyl (C=O) groups excluding carboxylic acids is 1. The van der Waals surface area contributed by atoms with Crippen LogP contribution >= 0.6 is 0 Å². The van der Waals surface area contributed by atoms with Crippen molar-refractivity contribution in [1.82, 2.24) is 10.3 Å². The molecule has 4 heteroatoms. The van der Waals surface area contributed by atoms with E-state index in [1.165, 1.54) is 11.1 Å². The molecule has 3 rings (SSSR count). The molecule has 2 aromatic rings. The number of nitrogens with one attached hydrogen (secondary N) is 1. The lowest BCUT2D eigenvalue weighted by molar-refractivity contribution is -0.121. The zero-order chi connectivity index (χ0) is 14.7. The van der Waals surface area contributed by atoms with Gasteiger partial charge in [-0.25, -0.2) is 0 Å². The first-order chi connectivity index (χ1) is 10.2. The van der Waals surface area contributed by atoms with Crippen LogP contribution in [0.5, 0.6) is 0 Å². The van der Waals surface area contributed by atoms with Crippen molar-refractivity contribution in [2.24, 2.45) is 0 Å². The Hall–Kier alpha value is -2.36. The van der Waals surface area contributed by atoms with Crippen LogP contribution in [0, 0.1) is 0 Å². The van der Waals surface area contributed by atoms with Crippen molar-refractivity contribution in [3.63, 3.8) is 0 Å². The molecular formula is C17H19N3O. The summed E-state index contributed by atoms with van der Waals surface area (Å²) in [5.41, 5.74) is 9.99. The summed E-state index contributed by atoms with van der Waals surface area (Å²) < 4.78 is 0. The van der Waals surface area contributed by atoms with Crippen molar-refractivity contribution in [3.8, 4) is 0 Å². The van der Waals surface area contributed by atoms with Crippen molar-refractivity contribution in [1.29, 1.82) is 0 Å². The highest BCUT2D eigenvalue weighted by Gasteiger charge is 2.23. The van der Waals surface area contributed by atoms with E-state index >= 15 is 0 Å². The maximum Gasteiger partial charge on any atom is 0.220 e. The number of nitrogens with two attached hydrogens (primary N) is 1. The third kappa shape index (κ3) is 3.21. The van der Waals surface area contributed by atoms with Crippen LogP contribution in [0.4, 0.5) is 5.69 Å². The lowest BCUT2D eigenvalue weighted by Gasteiger charge is -2.14. The van der Waals surface area contributed by atoms with Gasteiger partial charge in [0, 0.05) is 24.0 Å². The normalized spacial score (nSPS) is 16.5. The molecule has 3 N–H and O–H groups in total. The summed E-state index contributed by atoms with van der Waals surface area (Å²) in [4.78, 5) is 16.3. The van der Waals surface area contributed by atoms with Crippen LogP contribution in [0.3, 0.4) is 0 Å². The number of fused-ring (bicyclic) bond motifs is 1. The molecule has 1 heterocycles. The van der Waals surface area contributed by atoms with Gasteiger partial charge in [0.1, 0.15) is 0 Å². The fraction of sp³-hybridized carbons (Fsp3) is 0.294. The zero-order valence-electron chi connectivity index (χ0n) is 11.9.